The number of aliphatic carboxylic acids is 1. The number of nitrogens with zero attached hydrogens (tertiary/aromatic N) is 1. The van der Waals surface area contributed by atoms with Gasteiger partial charge in [0.25, 0.3) is 0 Å². The van der Waals surface area contributed by atoms with E-state index < -0.39 is 12.0 Å². The fourth-order valence-corrected chi connectivity index (χ4v) is 1.68. The van der Waals surface area contributed by atoms with Crippen LogP contribution in [-0.4, -0.2) is 34.6 Å². The van der Waals surface area contributed by atoms with Gasteiger partial charge in [-0.25, -0.2) is 0 Å². The predicted octanol–water partition coefficient (Wildman–Crippen LogP) is 2.66. The van der Waals surface area contributed by atoms with Crippen LogP contribution in [-0.2, 0) is 20.9 Å². The lowest BCUT2D eigenvalue weighted by atomic mass is 10.1. The second-order valence-corrected chi connectivity index (χ2v) is 5.14. The molecule has 1 rings (SSSR count). The van der Waals surface area contributed by atoms with Crippen molar-refractivity contribution < 1.29 is 19.6 Å². The summed E-state index contributed by atoms with van der Waals surface area (Å²) in [5.41, 5.74) is 0.921. The number of hydrogen-bond donors (Lipinski definition) is 1. The van der Waals surface area contributed by atoms with Crippen molar-refractivity contribution in [2.75, 3.05) is 0 Å². The highest BCUT2D eigenvalue weighted by Crippen LogP contribution is 2.14. The molecule has 0 saturated carbocycles. The molecule has 0 aromatic heterocycles. The first-order valence-corrected chi connectivity index (χ1v) is 6.79. The van der Waals surface area contributed by atoms with E-state index in [0.29, 0.717) is 6.42 Å². The minimum atomic E-state index is -0.977. The Morgan fingerprint density at radius 3 is 2.00 bits per heavy atom. The molecule has 1 atom stereocenters. The van der Waals surface area contributed by atoms with Gasteiger partial charge >= 0.3 is 5.97 Å². The molecule has 0 unspecified atom stereocenters. The first-order valence-electron chi connectivity index (χ1n) is 6.79. The highest BCUT2D eigenvalue weighted by atomic mass is 17.0. The highest BCUT2D eigenvalue weighted by molar-refractivity contribution is 5.73. The minimum Gasteiger partial charge on any atom is -0.480 e. The molecule has 5 heteroatoms. The van der Waals surface area contributed by atoms with Crippen molar-refractivity contribution in [2.45, 2.75) is 52.4 Å². The summed E-state index contributed by atoms with van der Waals surface area (Å²) >= 11 is 0. The Morgan fingerprint density at radius 2 is 1.60 bits per heavy atom. The number of hydrogen-bond acceptors (Lipinski definition) is 4. The smallest absolute Gasteiger partial charge is 0.326 e. The van der Waals surface area contributed by atoms with Crippen molar-refractivity contribution in [1.29, 1.82) is 0 Å². The molecule has 112 valence electrons. The third-order valence-electron chi connectivity index (χ3n) is 2.44. The zero-order chi connectivity index (χ0) is 15.1. The minimum absolute atomic E-state index is 0.161. The van der Waals surface area contributed by atoms with Crippen molar-refractivity contribution in [2.24, 2.45) is 0 Å². The van der Waals surface area contributed by atoms with E-state index in [0.717, 1.165) is 10.8 Å². The lowest BCUT2D eigenvalue weighted by Gasteiger charge is -2.29. The lowest BCUT2D eigenvalue weighted by Crippen LogP contribution is -2.45. The molecule has 0 amide bonds. The first kappa shape index (κ1) is 16.6. The Labute approximate surface area is 120 Å². The summed E-state index contributed by atoms with van der Waals surface area (Å²) in [6.07, 6.45) is -0.00644. The number of carbonyl (C=O) groups is 1. The molecule has 1 aromatic carbocycles. The lowest BCUT2D eigenvalue weighted by molar-refractivity contribution is -0.407. The van der Waals surface area contributed by atoms with Crippen molar-refractivity contribution in [3.63, 3.8) is 0 Å². The van der Waals surface area contributed by atoms with Gasteiger partial charge in [0.1, 0.15) is 0 Å². The third kappa shape index (κ3) is 5.69. The molecular formula is C15H23NO4. The standard InChI is InChI=1S/C15H23NO4/c1-11(2)19-16(20-12(3)4)14(15(17)18)10-13-8-6-5-7-9-13/h5-9,11-12,14H,10H2,1-4H3,(H,17,18)/t14-/m0/s1. The number of carboxylic acids is 1. The molecule has 0 heterocycles. The number of carboxylic acid groups (broad SMARTS) is 1. The van der Waals surface area contributed by atoms with Crippen LogP contribution in [0.1, 0.15) is 33.3 Å². The summed E-state index contributed by atoms with van der Waals surface area (Å²) in [7, 11) is 0. The summed E-state index contributed by atoms with van der Waals surface area (Å²) < 4.78 is 0. The summed E-state index contributed by atoms with van der Waals surface area (Å²) in [5.74, 6) is -0.977. The molecule has 1 aromatic rings. The summed E-state index contributed by atoms with van der Waals surface area (Å²) in [5, 5.41) is 10.5. The van der Waals surface area contributed by atoms with E-state index in [2.05, 4.69) is 0 Å². The van der Waals surface area contributed by atoms with Crippen molar-refractivity contribution in [1.82, 2.24) is 5.23 Å². The van der Waals surface area contributed by atoms with E-state index in [1.165, 1.54) is 0 Å². The van der Waals surface area contributed by atoms with Gasteiger partial charge in [-0.1, -0.05) is 35.6 Å². The molecule has 0 saturated heterocycles. The average Bonchev–Trinajstić information content (AvgIpc) is 2.35. The molecular weight excluding hydrogens is 258 g/mol. The fourth-order valence-electron chi connectivity index (χ4n) is 1.68. The third-order valence-corrected chi connectivity index (χ3v) is 2.44. The average molecular weight is 281 g/mol. The van der Waals surface area contributed by atoms with E-state index in [9.17, 15) is 9.90 Å². The molecule has 1 N–H and O–H groups in total. The molecule has 0 spiro atoms. The second-order valence-electron chi connectivity index (χ2n) is 5.14. The Balaban J connectivity index is 2.86. The maximum Gasteiger partial charge on any atom is 0.326 e. The fraction of sp³-hybridized carbons (Fsp3) is 0.533. The molecule has 20 heavy (non-hydrogen) atoms. The molecule has 0 aliphatic carbocycles. The molecule has 0 fully saturated rings. The summed E-state index contributed by atoms with van der Waals surface area (Å²) in [4.78, 5) is 22.5. The maximum atomic E-state index is 11.5. The predicted molar refractivity (Wildman–Crippen MR) is 75.9 cm³/mol. The summed E-state index contributed by atoms with van der Waals surface area (Å²) in [6.45, 7) is 7.33. The topological polar surface area (TPSA) is 59.0 Å². The van der Waals surface area contributed by atoms with E-state index in [-0.39, 0.29) is 12.2 Å². The summed E-state index contributed by atoms with van der Waals surface area (Å²) in [6, 6.07) is 8.54. The van der Waals surface area contributed by atoms with Gasteiger partial charge in [-0.3, -0.25) is 14.5 Å². The van der Waals surface area contributed by atoms with Crippen LogP contribution >= 0.6 is 0 Å². The molecule has 0 aliphatic rings. The van der Waals surface area contributed by atoms with Gasteiger partial charge in [0, 0.05) is 6.42 Å². The quantitative estimate of drug-likeness (QED) is 0.742. The normalized spacial score (nSPS) is 13.2. The van der Waals surface area contributed by atoms with Crippen LogP contribution in [0.15, 0.2) is 30.3 Å². The Hall–Kier alpha value is -1.43. The Bertz CT molecular complexity index is 396. The van der Waals surface area contributed by atoms with Gasteiger partial charge in [0.05, 0.1) is 12.2 Å². The zero-order valence-electron chi connectivity index (χ0n) is 12.4. The van der Waals surface area contributed by atoms with Crippen LogP contribution in [0, 0.1) is 0 Å². The van der Waals surface area contributed by atoms with Crippen LogP contribution in [0.5, 0.6) is 0 Å². The van der Waals surface area contributed by atoms with Gasteiger partial charge in [-0.15, -0.1) is 0 Å². The SMILES string of the molecule is CC(C)ON(OC(C)C)[C@@H](Cc1ccccc1)C(=O)O. The van der Waals surface area contributed by atoms with Gasteiger partial charge in [-0.2, -0.15) is 0 Å². The highest BCUT2D eigenvalue weighted by Gasteiger charge is 2.29. The van der Waals surface area contributed by atoms with Gasteiger partial charge in [0.15, 0.2) is 6.04 Å². The largest absolute Gasteiger partial charge is 0.480 e. The van der Waals surface area contributed by atoms with Crippen LogP contribution in [0.4, 0.5) is 0 Å². The van der Waals surface area contributed by atoms with Crippen LogP contribution in [0.3, 0.4) is 0 Å². The second kappa shape index (κ2) is 7.99. The van der Waals surface area contributed by atoms with Crippen molar-refractivity contribution >= 4 is 5.97 Å². The number of benzene rings is 1. The monoisotopic (exact) mass is 281 g/mol. The van der Waals surface area contributed by atoms with Crippen LogP contribution in [0.2, 0.25) is 0 Å². The zero-order valence-corrected chi connectivity index (χ0v) is 12.4. The maximum absolute atomic E-state index is 11.5. The number of hydroxylamine groups is 2. The molecule has 0 bridgehead atoms. The van der Waals surface area contributed by atoms with Crippen molar-refractivity contribution in [3.8, 4) is 0 Å². The van der Waals surface area contributed by atoms with E-state index in [4.69, 9.17) is 9.68 Å². The van der Waals surface area contributed by atoms with Gasteiger partial charge in [0.2, 0.25) is 0 Å². The van der Waals surface area contributed by atoms with Gasteiger partial charge < -0.3 is 5.11 Å². The van der Waals surface area contributed by atoms with E-state index in [1.807, 2.05) is 58.0 Å². The van der Waals surface area contributed by atoms with Crippen LogP contribution < -0.4 is 0 Å². The Morgan fingerprint density at radius 1 is 1.10 bits per heavy atom. The molecule has 0 radical (unpaired) electrons. The van der Waals surface area contributed by atoms with Gasteiger partial charge in [-0.05, 0) is 33.3 Å². The van der Waals surface area contributed by atoms with Crippen LogP contribution in [0.25, 0.3) is 0 Å². The molecule has 0 aliphatic heterocycles. The van der Waals surface area contributed by atoms with E-state index in [1.54, 1.807) is 0 Å². The first-order chi connectivity index (χ1) is 9.40. The van der Waals surface area contributed by atoms with Crippen molar-refractivity contribution in [3.05, 3.63) is 35.9 Å². The molecule has 5 nitrogen and oxygen atoms in total. The van der Waals surface area contributed by atoms with E-state index >= 15 is 0 Å². The Kier molecular flexibility index (Phi) is 6.64. The number of rotatable bonds is 8.